The Labute approximate surface area is 172 Å². The van der Waals surface area contributed by atoms with Gasteiger partial charge in [0.05, 0.1) is 26.5 Å². The minimum atomic E-state index is -3.59. The number of nitrogens with zero attached hydrogens (tertiary/aromatic N) is 1. The summed E-state index contributed by atoms with van der Waals surface area (Å²) in [5.74, 6) is 0.757. The summed E-state index contributed by atoms with van der Waals surface area (Å²) in [5.41, 5.74) is 1.44. The SMILES string of the molecule is CC[C@@H](NC(=O)[C@H](c1ccccc1)N(C)S(C)(=O)=O)c1ccc(OC)c(OC)c1. The number of carbonyl (C=O) groups excluding carboxylic acids is 1. The van der Waals surface area contributed by atoms with Gasteiger partial charge in [0.15, 0.2) is 11.5 Å². The standard InChI is InChI=1S/C21H28N2O5S/c1-6-17(16-12-13-18(27-3)19(14-16)28-4)22-21(24)20(23(2)29(5,25)26)15-10-8-7-9-11-15/h7-14,17,20H,6H2,1-5H3,(H,22,24)/t17-,20+/m1/s1. The van der Waals surface area contributed by atoms with Crippen LogP contribution in [0.3, 0.4) is 0 Å². The monoisotopic (exact) mass is 420 g/mol. The highest BCUT2D eigenvalue weighted by molar-refractivity contribution is 7.88. The third kappa shape index (κ3) is 5.48. The van der Waals surface area contributed by atoms with Crippen molar-refractivity contribution in [3.63, 3.8) is 0 Å². The number of nitrogens with one attached hydrogen (secondary N) is 1. The molecule has 158 valence electrons. The largest absolute Gasteiger partial charge is 0.493 e. The third-order valence-electron chi connectivity index (χ3n) is 4.79. The molecule has 0 fully saturated rings. The Morgan fingerprint density at radius 3 is 2.17 bits per heavy atom. The average molecular weight is 421 g/mol. The fraction of sp³-hybridized carbons (Fsp3) is 0.381. The molecule has 0 aromatic heterocycles. The molecular formula is C21H28N2O5S. The van der Waals surface area contributed by atoms with Gasteiger partial charge in [0.25, 0.3) is 0 Å². The van der Waals surface area contributed by atoms with Crippen molar-refractivity contribution < 1.29 is 22.7 Å². The van der Waals surface area contributed by atoms with Crippen LogP contribution in [0.5, 0.6) is 11.5 Å². The van der Waals surface area contributed by atoms with Crippen LogP contribution in [0.25, 0.3) is 0 Å². The Hall–Kier alpha value is -2.58. The molecule has 1 amide bonds. The van der Waals surface area contributed by atoms with E-state index in [-0.39, 0.29) is 6.04 Å². The van der Waals surface area contributed by atoms with Gasteiger partial charge in [-0.25, -0.2) is 8.42 Å². The van der Waals surface area contributed by atoms with E-state index in [1.807, 2.05) is 25.1 Å². The van der Waals surface area contributed by atoms with Gasteiger partial charge in [0.1, 0.15) is 6.04 Å². The molecule has 0 unspecified atom stereocenters. The maximum Gasteiger partial charge on any atom is 0.243 e. The van der Waals surface area contributed by atoms with Crippen molar-refractivity contribution >= 4 is 15.9 Å². The second-order valence-electron chi connectivity index (χ2n) is 6.68. The van der Waals surface area contributed by atoms with Crippen molar-refractivity contribution in [2.24, 2.45) is 0 Å². The molecule has 0 heterocycles. The van der Waals surface area contributed by atoms with Gasteiger partial charge in [-0.2, -0.15) is 4.31 Å². The van der Waals surface area contributed by atoms with E-state index >= 15 is 0 Å². The normalized spacial score (nSPS) is 13.6. The van der Waals surface area contributed by atoms with Gasteiger partial charge >= 0.3 is 0 Å². The summed E-state index contributed by atoms with van der Waals surface area (Å²) in [5, 5.41) is 2.98. The Bertz CT molecular complexity index is 931. The predicted molar refractivity (Wildman–Crippen MR) is 113 cm³/mol. The van der Waals surface area contributed by atoms with Crippen LogP contribution in [0, 0.1) is 0 Å². The topological polar surface area (TPSA) is 84.9 Å². The number of hydrogen-bond acceptors (Lipinski definition) is 5. The summed E-state index contributed by atoms with van der Waals surface area (Å²) in [7, 11) is 0.928. The summed E-state index contributed by atoms with van der Waals surface area (Å²) in [4.78, 5) is 13.2. The number of hydrogen-bond donors (Lipinski definition) is 1. The van der Waals surface area contributed by atoms with Gasteiger partial charge in [-0.1, -0.05) is 43.3 Å². The molecule has 0 radical (unpaired) electrons. The van der Waals surface area contributed by atoms with Crippen molar-refractivity contribution in [1.29, 1.82) is 0 Å². The van der Waals surface area contributed by atoms with Crippen LogP contribution in [0.1, 0.15) is 36.6 Å². The van der Waals surface area contributed by atoms with Crippen LogP contribution in [0.15, 0.2) is 48.5 Å². The highest BCUT2D eigenvalue weighted by atomic mass is 32.2. The predicted octanol–water partition coefficient (Wildman–Crippen LogP) is 2.90. The lowest BCUT2D eigenvalue weighted by Crippen LogP contribution is -2.42. The fourth-order valence-corrected chi connectivity index (χ4v) is 3.69. The van der Waals surface area contributed by atoms with E-state index < -0.39 is 22.0 Å². The molecule has 0 spiro atoms. The van der Waals surface area contributed by atoms with E-state index in [0.29, 0.717) is 23.5 Å². The molecule has 0 aliphatic heterocycles. The smallest absolute Gasteiger partial charge is 0.243 e. The second-order valence-corrected chi connectivity index (χ2v) is 8.72. The number of carbonyl (C=O) groups is 1. The van der Waals surface area contributed by atoms with Crippen LogP contribution < -0.4 is 14.8 Å². The van der Waals surface area contributed by atoms with Crippen molar-refractivity contribution in [3.8, 4) is 11.5 Å². The minimum Gasteiger partial charge on any atom is -0.493 e. The third-order valence-corrected chi connectivity index (χ3v) is 6.04. The Morgan fingerprint density at radius 2 is 1.66 bits per heavy atom. The molecule has 8 heteroatoms. The zero-order valence-corrected chi connectivity index (χ0v) is 18.2. The number of likely N-dealkylation sites (N-methyl/N-ethyl adjacent to an activating group) is 1. The van der Waals surface area contributed by atoms with E-state index in [1.165, 1.54) is 7.05 Å². The molecule has 0 aliphatic rings. The molecule has 2 aromatic rings. The molecular weight excluding hydrogens is 392 g/mol. The lowest BCUT2D eigenvalue weighted by molar-refractivity contribution is -0.125. The highest BCUT2D eigenvalue weighted by Crippen LogP contribution is 2.31. The van der Waals surface area contributed by atoms with Crippen molar-refractivity contribution in [3.05, 3.63) is 59.7 Å². The Morgan fingerprint density at radius 1 is 1.03 bits per heavy atom. The number of amides is 1. The molecule has 0 bridgehead atoms. The molecule has 29 heavy (non-hydrogen) atoms. The molecule has 2 aromatic carbocycles. The first-order valence-electron chi connectivity index (χ1n) is 9.23. The number of benzene rings is 2. The van der Waals surface area contributed by atoms with Gasteiger partial charge < -0.3 is 14.8 Å². The number of ether oxygens (including phenoxy) is 2. The maximum absolute atomic E-state index is 13.2. The lowest BCUT2D eigenvalue weighted by atomic mass is 10.0. The molecule has 2 atom stereocenters. The van der Waals surface area contributed by atoms with Crippen LogP contribution in [-0.4, -0.2) is 46.2 Å². The van der Waals surface area contributed by atoms with Gasteiger partial charge in [-0.05, 0) is 29.7 Å². The first-order chi connectivity index (χ1) is 13.7. The fourth-order valence-electron chi connectivity index (χ4n) is 3.09. The molecule has 0 aliphatic carbocycles. The zero-order chi connectivity index (χ0) is 21.6. The molecule has 0 saturated carbocycles. The second kappa shape index (κ2) is 9.76. The lowest BCUT2D eigenvalue weighted by Gasteiger charge is -2.28. The summed E-state index contributed by atoms with van der Waals surface area (Å²) in [6, 6.07) is 13.0. The van der Waals surface area contributed by atoms with Gasteiger partial charge in [0.2, 0.25) is 15.9 Å². The van der Waals surface area contributed by atoms with E-state index in [4.69, 9.17) is 9.47 Å². The van der Waals surface area contributed by atoms with E-state index in [9.17, 15) is 13.2 Å². The van der Waals surface area contributed by atoms with E-state index in [1.54, 1.807) is 44.6 Å². The quantitative estimate of drug-likeness (QED) is 0.674. The molecule has 1 N–H and O–H groups in total. The molecule has 0 saturated heterocycles. The summed E-state index contributed by atoms with van der Waals surface area (Å²) in [6.45, 7) is 1.94. The Kier molecular flexibility index (Phi) is 7.64. The first kappa shape index (κ1) is 22.7. The Balaban J connectivity index is 2.36. The van der Waals surface area contributed by atoms with Crippen LogP contribution in [0.4, 0.5) is 0 Å². The number of sulfonamides is 1. The van der Waals surface area contributed by atoms with E-state index in [2.05, 4.69) is 5.32 Å². The maximum atomic E-state index is 13.2. The van der Waals surface area contributed by atoms with E-state index in [0.717, 1.165) is 16.1 Å². The van der Waals surface area contributed by atoms with Gasteiger partial charge in [-0.3, -0.25) is 4.79 Å². The van der Waals surface area contributed by atoms with Crippen LogP contribution in [-0.2, 0) is 14.8 Å². The summed E-state index contributed by atoms with van der Waals surface area (Å²) < 4.78 is 36.0. The summed E-state index contributed by atoms with van der Waals surface area (Å²) >= 11 is 0. The number of methoxy groups -OCH3 is 2. The number of rotatable bonds is 9. The average Bonchev–Trinajstić information content (AvgIpc) is 2.71. The van der Waals surface area contributed by atoms with Crippen molar-refractivity contribution in [2.45, 2.75) is 25.4 Å². The highest BCUT2D eigenvalue weighted by Gasteiger charge is 2.32. The first-order valence-corrected chi connectivity index (χ1v) is 11.1. The zero-order valence-electron chi connectivity index (χ0n) is 17.4. The summed E-state index contributed by atoms with van der Waals surface area (Å²) in [6.07, 6.45) is 1.70. The molecule has 2 rings (SSSR count). The van der Waals surface area contributed by atoms with Crippen LogP contribution >= 0.6 is 0 Å². The van der Waals surface area contributed by atoms with Gasteiger partial charge in [-0.15, -0.1) is 0 Å². The van der Waals surface area contributed by atoms with Crippen LogP contribution in [0.2, 0.25) is 0 Å². The minimum absolute atomic E-state index is 0.318. The van der Waals surface area contributed by atoms with Crippen molar-refractivity contribution in [1.82, 2.24) is 9.62 Å². The van der Waals surface area contributed by atoms with Gasteiger partial charge in [0, 0.05) is 7.05 Å². The van der Waals surface area contributed by atoms with Crippen molar-refractivity contribution in [2.75, 3.05) is 27.5 Å². The molecule has 7 nitrogen and oxygen atoms in total.